The average molecular weight is 863 g/mol. The van der Waals surface area contributed by atoms with Crippen LogP contribution in [0.5, 0.6) is 0 Å². The number of likely N-dealkylation sites (tertiary alicyclic amines) is 2. The summed E-state index contributed by atoms with van der Waals surface area (Å²) in [6.07, 6.45) is 8.32. The first-order chi connectivity index (χ1) is 30.7. The molecule has 1 aromatic heterocycles. The third-order valence-corrected chi connectivity index (χ3v) is 13.8. The normalized spacial score (nSPS) is 25.9. The van der Waals surface area contributed by atoms with Gasteiger partial charge in [-0.1, -0.05) is 54.1 Å². The van der Waals surface area contributed by atoms with Crippen molar-refractivity contribution in [2.24, 2.45) is 15.8 Å². The molecule has 330 valence electrons. The number of H-pyrrole nitrogens is 1. The number of methoxy groups -OCH3 is 2. The van der Waals surface area contributed by atoms with E-state index in [1.807, 2.05) is 50.9 Å². The molecule has 14 nitrogen and oxygen atoms in total. The Labute approximate surface area is 373 Å². The van der Waals surface area contributed by atoms with Gasteiger partial charge in [0.2, 0.25) is 0 Å². The van der Waals surface area contributed by atoms with Crippen molar-refractivity contribution in [1.82, 2.24) is 25.1 Å². The monoisotopic (exact) mass is 862 g/mol. The number of aromatic amines is 1. The minimum Gasteiger partial charge on any atom is -0.469 e. The Morgan fingerprint density at radius 2 is 1.31 bits per heavy atom. The maximum atomic E-state index is 14.2. The molecule has 4 fully saturated rings. The lowest BCUT2D eigenvalue weighted by molar-refractivity contribution is -0.141. The zero-order chi connectivity index (χ0) is 45.5. The first-order valence-electron chi connectivity index (χ1n) is 22.0. The Morgan fingerprint density at radius 3 is 1.89 bits per heavy atom. The highest BCUT2D eigenvalue weighted by atomic mass is 16.5. The number of carbonyl (C=O) groups is 4. The fourth-order valence-corrected chi connectivity index (χ4v) is 10.1. The largest absolute Gasteiger partial charge is 0.469 e. The van der Waals surface area contributed by atoms with Crippen molar-refractivity contribution < 1.29 is 28.7 Å². The topological polar surface area (TPSA) is 194 Å². The zero-order valence-electron chi connectivity index (χ0n) is 37.3. The molecule has 8 rings (SSSR count). The highest BCUT2D eigenvalue weighted by Gasteiger charge is 2.46. The third kappa shape index (κ3) is 8.37. The summed E-state index contributed by atoms with van der Waals surface area (Å²) in [7, 11) is 2.58. The van der Waals surface area contributed by atoms with Crippen LogP contribution >= 0.6 is 0 Å². The van der Waals surface area contributed by atoms with E-state index in [0.717, 1.165) is 69.6 Å². The summed E-state index contributed by atoms with van der Waals surface area (Å²) in [5.74, 6) is -0.268. The van der Waals surface area contributed by atoms with Crippen molar-refractivity contribution in [2.75, 3.05) is 14.2 Å². The number of hydrogen-bond donors (Lipinski definition) is 2. The molecule has 0 spiro atoms. The van der Waals surface area contributed by atoms with E-state index in [1.54, 1.807) is 11.1 Å². The van der Waals surface area contributed by atoms with Crippen LogP contribution in [0.3, 0.4) is 0 Å². The number of carbonyl (C=O) groups excluding carboxylic acids is 4. The molecule has 2 saturated carbocycles. The number of allylic oxidation sites excluding steroid dienone is 3. The summed E-state index contributed by atoms with van der Waals surface area (Å²) in [5.41, 5.74) is 8.07. The van der Waals surface area contributed by atoms with Crippen LogP contribution in [0, 0.1) is 33.5 Å². The lowest BCUT2D eigenvalue weighted by atomic mass is 9.66. The van der Waals surface area contributed by atoms with Gasteiger partial charge in [-0.15, -0.1) is 0 Å². The molecule has 64 heavy (non-hydrogen) atoms. The van der Waals surface area contributed by atoms with Gasteiger partial charge in [-0.25, -0.2) is 9.78 Å². The number of nitrogens with one attached hydrogen (secondary N) is 2. The molecule has 2 aromatic carbocycles. The number of nitrogens with zero attached hydrogens (tertiary/aromatic N) is 6. The van der Waals surface area contributed by atoms with E-state index in [0.29, 0.717) is 49.9 Å². The number of alkyl carbamates (subject to hydrolysis) is 1. The molecule has 2 saturated heterocycles. The molecule has 0 unspecified atom stereocenters. The number of amides is 3. The molecule has 0 bridgehead atoms. The fraction of sp³-hybridized carbons (Fsp3) is 0.440. The molecule has 2 N–H and O–H groups in total. The first kappa shape index (κ1) is 43.8. The van der Waals surface area contributed by atoms with E-state index >= 15 is 0 Å². The first-order valence-corrected chi connectivity index (χ1v) is 22.0. The van der Waals surface area contributed by atoms with Crippen molar-refractivity contribution in [3.8, 4) is 34.5 Å². The van der Waals surface area contributed by atoms with Crippen LogP contribution in [0.2, 0.25) is 0 Å². The summed E-state index contributed by atoms with van der Waals surface area (Å²) in [6, 6.07) is 20.6. The van der Waals surface area contributed by atoms with Gasteiger partial charge in [0.05, 0.1) is 67.6 Å². The Morgan fingerprint density at radius 1 is 0.766 bits per heavy atom. The van der Waals surface area contributed by atoms with Crippen molar-refractivity contribution in [2.45, 2.75) is 116 Å². The number of aliphatic imine (C=N–C) groups is 1. The number of benzene rings is 2. The second-order valence-corrected chi connectivity index (χ2v) is 18.6. The third-order valence-electron chi connectivity index (χ3n) is 13.8. The maximum Gasteiger partial charge on any atom is 0.411 e. The number of aromatic nitrogens is 2. The van der Waals surface area contributed by atoms with Gasteiger partial charge in [0.1, 0.15) is 11.5 Å². The van der Waals surface area contributed by atoms with Gasteiger partial charge in [0, 0.05) is 36.0 Å². The van der Waals surface area contributed by atoms with Crippen LogP contribution in [0.4, 0.5) is 4.79 Å². The highest BCUT2D eigenvalue weighted by Crippen LogP contribution is 2.48. The highest BCUT2D eigenvalue weighted by molar-refractivity contribution is 6.06. The molecule has 4 atom stereocenters. The van der Waals surface area contributed by atoms with Gasteiger partial charge < -0.3 is 24.3 Å². The Bertz CT molecular complexity index is 2590. The Balaban J connectivity index is 0.916. The van der Waals surface area contributed by atoms with Crippen molar-refractivity contribution in [1.29, 1.82) is 10.5 Å². The minimum atomic E-state index is -0.727. The predicted molar refractivity (Wildman–Crippen MR) is 239 cm³/mol. The summed E-state index contributed by atoms with van der Waals surface area (Å²) in [5, 5.41) is 21.8. The van der Waals surface area contributed by atoms with E-state index in [9.17, 15) is 29.7 Å². The Hall–Kier alpha value is -6.80. The standard InChI is InChI=1S/C50H54N8O6/c1-29-7-17-41(57(29)46(60)38(20-43(59)63-5)36-21-49(3,22-36)27-51)39-19-35(25-53-39)33-11-9-31(10-12-33)32-13-15-34(16-14-32)40-26-54-45(55-40)42-18-8-30(2)58(42)47(61)44(56-48(62)64-6)37-23-50(4,24-37)28-52/h9-16,25-26,29-30,41-42H,7-8,17-24H2,1-6H3,(H,54,55)(H,56,62)/t29-,30-,41-,42-,49?,50?/m0/s1. The average Bonchev–Trinajstić information content (AvgIpc) is 4.12. The molecule has 4 heterocycles. The van der Waals surface area contributed by atoms with Gasteiger partial charge in [-0.05, 0) is 112 Å². The molecule has 0 radical (unpaired) electrons. The lowest BCUT2D eigenvalue weighted by Crippen LogP contribution is -2.45. The maximum absolute atomic E-state index is 14.2. The van der Waals surface area contributed by atoms with E-state index in [1.165, 1.54) is 14.2 Å². The summed E-state index contributed by atoms with van der Waals surface area (Å²) in [6.45, 7) is 7.76. The smallest absolute Gasteiger partial charge is 0.411 e. The van der Waals surface area contributed by atoms with E-state index < -0.39 is 22.9 Å². The van der Waals surface area contributed by atoms with E-state index in [4.69, 9.17) is 19.5 Å². The minimum absolute atomic E-state index is 0.0195. The SMILES string of the molecule is COC(=O)CC(C(=O)N1[C@@H](C)CC[C@H]1C1=NC=C(c2ccc(-c3ccc(-c4cnc([C@@H]5CC[C@H](C)N5C(=O)C(NC(=O)OC)=C5CC(C)(C#N)C5)[nH]4)cc3)cc2)C1)=C1CC(C)(C#N)C1. The predicted octanol–water partition coefficient (Wildman–Crippen LogP) is 8.48. The van der Waals surface area contributed by atoms with Crippen molar-refractivity contribution in [3.05, 3.63) is 94.7 Å². The number of hydrogen-bond acceptors (Lipinski definition) is 10. The molecule has 14 heteroatoms. The van der Waals surface area contributed by atoms with Crippen LogP contribution in [0.15, 0.2) is 88.3 Å². The van der Waals surface area contributed by atoms with Crippen LogP contribution in [0.25, 0.3) is 28.0 Å². The lowest BCUT2D eigenvalue weighted by Gasteiger charge is -2.38. The molecule has 2 aliphatic carbocycles. The van der Waals surface area contributed by atoms with E-state index in [2.05, 4.69) is 58.8 Å². The Kier molecular flexibility index (Phi) is 11.9. The summed E-state index contributed by atoms with van der Waals surface area (Å²) < 4.78 is 9.79. The second kappa shape index (κ2) is 17.4. The van der Waals surface area contributed by atoms with Crippen molar-refractivity contribution in [3.63, 3.8) is 0 Å². The summed E-state index contributed by atoms with van der Waals surface area (Å²) >= 11 is 0. The number of ether oxygens (including phenoxy) is 2. The fourth-order valence-electron chi connectivity index (χ4n) is 10.1. The van der Waals surface area contributed by atoms with E-state index in [-0.39, 0.29) is 48.1 Å². The molecular formula is C50H54N8O6. The van der Waals surface area contributed by atoms with Gasteiger partial charge in [0.15, 0.2) is 0 Å². The van der Waals surface area contributed by atoms with Crippen LogP contribution in [-0.2, 0) is 23.9 Å². The summed E-state index contributed by atoms with van der Waals surface area (Å²) in [4.78, 5) is 69.8. The number of nitriles is 2. The van der Waals surface area contributed by atoms with Gasteiger partial charge >= 0.3 is 12.1 Å². The van der Waals surface area contributed by atoms with Crippen LogP contribution in [0.1, 0.15) is 109 Å². The van der Waals surface area contributed by atoms with Gasteiger partial charge in [-0.3, -0.25) is 24.7 Å². The van der Waals surface area contributed by atoms with Gasteiger partial charge in [0.25, 0.3) is 11.8 Å². The molecular weight excluding hydrogens is 809 g/mol. The molecule has 3 aliphatic heterocycles. The quantitative estimate of drug-likeness (QED) is 0.149. The molecule has 5 aliphatic rings. The number of imidazole rings is 1. The molecule has 3 amide bonds. The number of rotatable bonds is 10. The van der Waals surface area contributed by atoms with Crippen molar-refractivity contribution >= 4 is 35.2 Å². The second-order valence-electron chi connectivity index (χ2n) is 18.6. The van der Waals surface area contributed by atoms with Crippen LogP contribution in [-0.4, -0.2) is 81.7 Å². The zero-order valence-corrected chi connectivity index (χ0v) is 37.3. The number of esters is 1. The van der Waals surface area contributed by atoms with Crippen LogP contribution < -0.4 is 5.32 Å². The van der Waals surface area contributed by atoms with Gasteiger partial charge in [-0.2, -0.15) is 10.5 Å². The molecule has 3 aromatic rings.